The molecule has 0 bridgehead atoms. The molecule has 0 unspecified atom stereocenters. The first-order valence-corrected chi connectivity index (χ1v) is 6.04. The maximum atomic E-state index is 11.7. The van der Waals surface area contributed by atoms with Crippen LogP contribution in [0.25, 0.3) is 11.1 Å². The number of hydrogen-bond donors (Lipinski definition) is 1. The van der Waals surface area contributed by atoms with Crippen LogP contribution in [0, 0.1) is 11.3 Å². The standard InChI is InChI=1S/C15H11N3O3/c1-10(19)21-18-15(20)14-8-13(6-7-17-14)12-4-2-11(9-16)3-5-12/h2-8H,1H3,(H,18,20). The zero-order valence-electron chi connectivity index (χ0n) is 11.2. The van der Waals surface area contributed by atoms with Gasteiger partial charge in [0, 0.05) is 13.1 Å². The normalized spacial score (nSPS) is 9.52. The van der Waals surface area contributed by atoms with Crippen molar-refractivity contribution in [3.05, 3.63) is 53.9 Å². The summed E-state index contributed by atoms with van der Waals surface area (Å²) in [6, 6.07) is 12.3. The molecular formula is C15H11N3O3. The second kappa shape index (κ2) is 6.30. The summed E-state index contributed by atoms with van der Waals surface area (Å²) in [5, 5.41) is 8.77. The molecule has 1 aromatic heterocycles. The van der Waals surface area contributed by atoms with Crippen molar-refractivity contribution < 1.29 is 14.4 Å². The van der Waals surface area contributed by atoms with Crippen molar-refractivity contribution >= 4 is 11.9 Å². The summed E-state index contributed by atoms with van der Waals surface area (Å²) in [6.07, 6.45) is 1.48. The molecule has 2 rings (SSSR count). The Morgan fingerprint density at radius 3 is 2.52 bits per heavy atom. The maximum absolute atomic E-state index is 11.7. The highest BCUT2D eigenvalue weighted by molar-refractivity contribution is 5.93. The number of carbonyl (C=O) groups is 2. The Kier molecular flexibility index (Phi) is 4.26. The van der Waals surface area contributed by atoms with Crippen molar-refractivity contribution in [1.29, 1.82) is 5.26 Å². The van der Waals surface area contributed by atoms with E-state index in [0.717, 1.165) is 11.1 Å². The van der Waals surface area contributed by atoms with Crippen molar-refractivity contribution in [3.8, 4) is 17.2 Å². The zero-order valence-corrected chi connectivity index (χ0v) is 11.2. The Balaban J connectivity index is 2.22. The van der Waals surface area contributed by atoms with E-state index in [2.05, 4.69) is 9.82 Å². The van der Waals surface area contributed by atoms with Crippen LogP contribution < -0.4 is 5.48 Å². The molecule has 1 amide bonds. The topological polar surface area (TPSA) is 92.1 Å². The molecule has 0 radical (unpaired) electrons. The van der Waals surface area contributed by atoms with Gasteiger partial charge in [-0.2, -0.15) is 10.7 Å². The third kappa shape index (κ3) is 3.64. The van der Waals surface area contributed by atoms with Gasteiger partial charge in [-0.25, -0.2) is 0 Å². The van der Waals surface area contributed by atoms with E-state index >= 15 is 0 Å². The van der Waals surface area contributed by atoms with Gasteiger partial charge in [0.15, 0.2) is 0 Å². The largest absolute Gasteiger partial charge is 0.341 e. The molecule has 6 nitrogen and oxygen atoms in total. The number of rotatable bonds is 2. The molecule has 6 heteroatoms. The predicted molar refractivity (Wildman–Crippen MR) is 73.6 cm³/mol. The lowest BCUT2D eigenvalue weighted by Crippen LogP contribution is -2.26. The molecule has 104 valence electrons. The fraction of sp³-hybridized carbons (Fsp3) is 0.0667. The third-order valence-electron chi connectivity index (χ3n) is 2.63. The average Bonchev–Trinajstić information content (AvgIpc) is 2.52. The first-order valence-electron chi connectivity index (χ1n) is 6.04. The summed E-state index contributed by atoms with van der Waals surface area (Å²) in [6.45, 7) is 1.18. The van der Waals surface area contributed by atoms with E-state index in [-0.39, 0.29) is 5.69 Å². The van der Waals surface area contributed by atoms with Gasteiger partial charge in [0.25, 0.3) is 0 Å². The quantitative estimate of drug-likeness (QED) is 0.848. The Morgan fingerprint density at radius 1 is 1.19 bits per heavy atom. The number of hydrogen-bond acceptors (Lipinski definition) is 5. The van der Waals surface area contributed by atoms with E-state index in [4.69, 9.17) is 5.26 Å². The van der Waals surface area contributed by atoms with E-state index in [1.165, 1.54) is 13.1 Å². The highest BCUT2D eigenvalue weighted by Crippen LogP contribution is 2.19. The molecule has 0 atom stereocenters. The van der Waals surface area contributed by atoms with Crippen molar-refractivity contribution in [3.63, 3.8) is 0 Å². The molecule has 1 N–H and O–H groups in total. The Bertz CT molecular complexity index is 718. The molecule has 0 aliphatic heterocycles. The molecule has 2 aromatic rings. The van der Waals surface area contributed by atoms with Crippen molar-refractivity contribution in [2.75, 3.05) is 0 Å². The SMILES string of the molecule is CC(=O)ONC(=O)c1cc(-c2ccc(C#N)cc2)ccn1. The highest BCUT2D eigenvalue weighted by Gasteiger charge is 2.10. The lowest BCUT2D eigenvalue weighted by Gasteiger charge is -2.05. The predicted octanol–water partition coefficient (Wildman–Crippen LogP) is 1.83. The van der Waals surface area contributed by atoms with Gasteiger partial charge in [-0.3, -0.25) is 14.6 Å². The van der Waals surface area contributed by atoms with E-state index < -0.39 is 11.9 Å². The van der Waals surface area contributed by atoms with Gasteiger partial charge in [-0.05, 0) is 35.4 Å². The van der Waals surface area contributed by atoms with Gasteiger partial charge in [0.05, 0.1) is 11.6 Å². The average molecular weight is 281 g/mol. The van der Waals surface area contributed by atoms with Crippen LogP contribution in [0.4, 0.5) is 0 Å². The van der Waals surface area contributed by atoms with Crippen LogP contribution in [-0.4, -0.2) is 16.9 Å². The number of amides is 1. The Labute approximate surface area is 121 Å². The summed E-state index contributed by atoms with van der Waals surface area (Å²) < 4.78 is 0. The molecular weight excluding hydrogens is 270 g/mol. The van der Waals surface area contributed by atoms with Crippen LogP contribution in [-0.2, 0) is 9.63 Å². The minimum Gasteiger partial charge on any atom is -0.341 e. The minimum atomic E-state index is -0.619. The zero-order chi connectivity index (χ0) is 15.2. The van der Waals surface area contributed by atoms with E-state index in [1.54, 1.807) is 36.4 Å². The Hall–Kier alpha value is -3.20. The van der Waals surface area contributed by atoms with E-state index in [0.29, 0.717) is 5.56 Å². The fourth-order valence-corrected chi connectivity index (χ4v) is 1.64. The Morgan fingerprint density at radius 2 is 1.90 bits per heavy atom. The number of benzene rings is 1. The van der Waals surface area contributed by atoms with Gasteiger partial charge in [0.2, 0.25) is 0 Å². The number of aromatic nitrogens is 1. The number of nitriles is 1. The number of nitrogens with zero attached hydrogens (tertiary/aromatic N) is 2. The summed E-state index contributed by atoms with van der Waals surface area (Å²) in [7, 11) is 0. The first-order chi connectivity index (χ1) is 10.1. The van der Waals surface area contributed by atoms with Gasteiger partial charge >= 0.3 is 11.9 Å². The van der Waals surface area contributed by atoms with Crippen LogP contribution >= 0.6 is 0 Å². The van der Waals surface area contributed by atoms with Crippen LogP contribution in [0.2, 0.25) is 0 Å². The lowest BCUT2D eigenvalue weighted by atomic mass is 10.0. The fourth-order valence-electron chi connectivity index (χ4n) is 1.64. The molecule has 1 aromatic carbocycles. The monoisotopic (exact) mass is 281 g/mol. The molecule has 0 fully saturated rings. The van der Waals surface area contributed by atoms with Crippen molar-refractivity contribution in [2.24, 2.45) is 0 Å². The molecule has 0 saturated heterocycles. The summed E-state index contributed by atoms with van der Waals surface area (Å²) in [5.41, 5.74) is 4.29. The number of hydroxylamine groups is 1. The van der Waals surface area contributed by atoms with Crippen molar-refractivity contribution in [1.82, 2.24) is 10.5 Å². The molecule has 0 spiro atoms. The third-order valence-corrected chi connectivity index (χ3v) is 2.63. The molecule has 21 heavy (non-hydrogen) atoms. The smallest absolute Gasteiger partial charge is 0.329 e. The maximum Gasteiger partial charge on any atom is 0.329 e. The van der Waals surface area contributed by atoms with Crippen LogP contribution in [0.3, 0.4) is 0 Å². The van der Waals surface area contributed by atoms with Gasteiger partial charge in [-0.1, -0.05) is 12.1 Å². The minimum absolute atomic E-state index is 0.123. The second-order valence-electron chi connectivity index (χ2n) is 4.14. The molecule has 0 aliphatic carbocycles. The van der Waals surface area contributed by atoms with Gasteiger partial charge in [-0.15, -0.1) is 0 Å². The second-order valence-corrected chi connectivity index (χ2v) is 4.14. The molecule has 0 saturated carbocycles. The number of nitrogens with one attached hydrogen (secondary N) is 1. The van der Waals surface area contributed by atoms with Crippen molar-refractivity contribution in [2.45, 2.75) is 6.92 Å². The summed E-state index contributed by atoms with van der Waals surface area (Å²) in [4.78, 5) is 30.7. The summed E-state index contributed by atoms with van der Waals surface area (Å²) >= 11 is 0. The summed E-state index contributed by atoms with van der Waals surface area (Å²) in [5.74, 6) is -1.23. The highest BCUT2D eigenvalue weighted by atomic mass is 16.7. The van der Waals surface area contributed by atoms with Crippen LogP contribution in [0.1, 0.15) is 23.0 Å². The molecule has 1 heterocycles. The van der Waals surface area contributed by atoms with E-state index in [1.807, 2.05) is 11.5 Å². The van der Waals surface area contributed by atoms with Crippen LogP contribution in [0.5, 0.6) is 0 Å². The molecule has 0 aliphatic rings. The number of pyridine rings is 1. The van der Waals surface area contributed by atoms with E-state index in [9.17, 15) is 9.59 Å². The number of carbonyl (C=O) groups excluding carboxylic acids is 2. The van der Waals surface area contributed by atoms with Gasteiger partial charge in [0.1, 0.15) is 5.69 Å². The van der Waals surface area contributed by atoms with Gasteiger partial charge < -0.3 is 4.84 Å². The lowest BCUT2D eigenvalue weighted by molar-refractivity contribution is -0.146. The first kappa shape index (κ1) is 14.2. The van der Waals surface area contributed by atoms with Crippen LogP contribution in [0.15, 0.2) is 42.6 Å².